The lowest BCUT2D eigenvalue weighted by atomic mass is 9.72. The summed E-state index contributed by atoms with van der Waals surface area (Å²) in [5.41, 5.74) is 4.28. The Kier molecular flexibility index (Phi) is 9.10. The van der Waals surface area contributed by atoms with Crippen LogP contribution < -0.4 is 10.1 Å². The summed E-state index contributed by atoms with van der Waals surface area (Å²) in [5, 5.41) is 5.50. The maximum Gasteiger partial charge on any atom is 0.259 e. The average molecular weight is 626 g/mol. The van der Waals surface area contributed by atoms with E-state index in [2.05, 4.69) is 26.1 Å². The quantitative estimate of drug-likeness (QED) is 0.208. The molecule has 5 rings (SSSR count). The summed E-state index contributed by atoms with van der Waals surface area (Å²) in [6.07, 6.45) is 4.62. The topological polar surface area (TPSA) is 50.7 Å². The first-order chi connectivity index (χ1) is 19.6. The van der Waals surface area contributed by atoms with Crippen LogP contribution in [-0.2, 0) is 19.4 Å². The van der Waals surface area contributed by atoms with Crippen LogP contribution in [0, 0.1) is 11.3 Å². The number of hydrogen-bond acceptors (Lipinski definition) is 4. The lowest BCUT2D eigenvalue weighted by Gasteiger charge is -2.33. The number of anilines is 1. The second-order valence-corrected chi connectivity index (χ2v) is 13.6. The number of fused-ring (bicyclic) bond motifs is 1. The van der Waals surface area contributed by atoms with Crippen molar-refractivity contribution in [3.63, 3.8) is 0 Å². The molecule has 3 aromatic carbocycles. The van der Waals surface area contributed by atoms with Crippen molar-refractivity contribution in [2.75, 3.05) is 5.32 Å². The van der Waals surface area contributed by atoms with Gasteiger partial charge in [-0.1, -0.05) is 73.8 Å². The molecule has 0 bridgehead atoms. The van der Waals surface area contributed by atoms with Crippen molar-refractivity contribution in [1.82, 2.24) is 0 Å². The Hall–Kier alpha value is -2.83. The Balaban J connectivity index is 1.45. The molecule has 1 amide bonds. The fourth-order valence-electron chi connectivity index (χ4n) is 5.00. The third kappa shape index (κ3) is 7.15. The van der Waals surface area contributed by atoms with Gasteiger partial charge in [-0.15, -0.1) is 11.3 Å². The van der Waals surface area contributed by atoms with Gasteiger partial charge in [0.15, 0.2) is 0 Å². The molecule has 1 aromatic heterocycles. The summed E-state index contributed by atoms with van der Waals surface area (Å²) in [6.45, 7) is 7.16. The number of nitrogens with one attached hydrogen (secondary N) is 1. The van der Waals surface area contributed by atoms with Gasteiger partial charge in [0.1, 0.15) is 17.4 Å². The highest BCUT2D eigenvalue weighted by atomic mass is 35.5. The Morgan fingerprint density at radius 1 is 1.05 bits per heavy atom. The minimum Gasteiger partial charge on any atom is -0.488 e. The first kappa shape index (κ1) is 29.7. The summed E-state index contributed by atoms with van der Waals surface area (Å²) in [7, 11) is 0. The average Bonchev–Trinajstić information content (AvgIpc) is 3.30. The summed E-state index contributed by atoms with van der Waals surface area (Å²) >= 11 is 20.0. The molecule has 1 heterocycles. The van der Waals surface area contributed by atoms with Gasteiger partial charge in [-0.25, -0.2) is 4.99 Å². The Morgan fingerprint density at radius 3 is 2.51 bits per heavy atom. The van der Waals surface area contributed by atoms with Gasteiger partial charge in [0.05, 0.1) is 5.56 Å². The van der Waals surface area contributed by atoms with Crippen LogP contribution in [0.5, 0.6) is 5.75 Å². The van der Waals surface area contributed by atoms with Crippen LogP contribution in [0.15, 0.2) is 71.7 Å². The number of para-hydroxylation sites is 1. The summed E-state index contributed by atoms with van der Waals surface area (Å²) in [4.78, 5) is 19.8. The summed E-state index contributed by atoms with van der Waals surface area (Å²) in [5.74, 6) is 1.06. The van der Waals surface area contributed by atoms with Gasteiger partial charge in [0, 0.05) is 43.0 Å². The van der Waals surface area contributed by atoms with Gasteiger partial charge >= 0.3 is 0 Å². The molecule has 0 saturated carbocycles. The standard InChI is InChI=1S/C33H31Cl3N2O2S/c1-33(2,3)22-9-15-26-29(16-22)41-32(30(26)31(39)38-25-13-11-23(34)12-14-25)37-18-20-6-4-5-7-28(20)40-19-21-8-10-24(35)17-27(21)36/h4-8,10-14,17-18,22H,9,15-16,19H2,1-3H3,(H,38,39)/t22-/m1/s1. The highest BCUT2D eigenvalue weighted by Crippen LogP contribution is 2.45. The molecule has 1 aliphatic rings. The van der Waals surface area contributed by atoms with E-state index in [1.165, 1.54) is 4.88 Å². The molecule has 0 fully saturated rings. The number of thiophene rings is 1. The van der Waals surface area contributed by atoms with E-state index in [0.29, 0.717) is 43.0 Å². The lowest BCUT2D eigenvalue weighted by molar-refractivity contribution is 0.102. The molecule has 41 heavy (non-hydrogen) atoms. The number of ether oxygens (including phenoxy) is 1. The molecule has 0 saturated heterocycles. The van der Waals surface area contributed by atoms with E-state index in [9.17, 15) is 4.79 Å². The minimum atomic E-state index is -0.159. The van der Waals surface area contributed by atoms with Gasteiger partial charge in [0.2, 0.25) is 0 Å². The zero-order chi connectivity index (χ0) is 29.1. The van der Waals surface area contributed by atoms with Crippen molar-refractivity contribution >= 4 is 68.9 Å². The molecule has 4 nitrogen and oxygen atoms in total. The number of benzene rings is 3. The van der Waals surface area contributed by atoms with E-state index in [1.807, 2.05) is 30.3 Å². The molecule has 0 spiro atoms. The first-order valence-corrected chi connectivity index (χ1v) is 15.4. The molecule has 8 heteroatoms. The van der Waals surface area contributed by atoms with Crippen LogP contribution in [-0.4, -0.2) is 12.1 Å². The number of nitrogens with zero attached hydrogens (tertiary/aromatic N) is 1. The van der Waals surface area contributed by atoms with Gasteiger partial charge < -0.3 is 10.1 Å². The zero-order valence-electron chi connectivity index (χ0n) is 23.1. The third-order valence-electron chi connectivity index (χ3n) is 7.44. The van der Waals surface area contributed by atoms with E-state index in [1.54, 1.807) is 53.9 Å². The van der Waals surface area contributed by atoms with E-state index < -0.39 is 0 Å². The van der Waals surface area contributed by atoms with Crippen molar-refractivity contribution < 1.29 is 9.53 Å². The highest BCUT2D eigenvalue weighted by molar-refractivity contribution is 7.16. The zero-order valence-corrected chi connectivity index (χ0v) is 26.2. The van der Waals surface area contributed by atoms with Crippen molar-refractivity contribution in [2.24, 2.45) is 16.3 Å². The largest absolute Gasteiger partial charge is 0.488 e. The Morgan fingerprint density at radius 2 is 1.78 bits per heavy atom. The van der Waals surface area contributed by atoms with Gasteiger partial charge in [0.25, 0.3) is 5.91 Å². The number of carbonyl (C=O) groups excluding carboxylic acids is 1. The second kappa shape index (κ2) is 12.6. The number of hydrogen-bond donors (Lipinski definition) is 1. The molecular formula is C33H31Cl3N2O2S. The lowest BCUT2D eigenvalue weighted by Crippen LogP contribution is -2.27. The van der Waals surface area contributed by atoms with Crippen LogP contribution in [0.3, 0.4) is 0 Å². The highest BCUT2D eigenvalue weighted by Gasteiger charge is 2.33. The molecule has 0 unspecified atom stereocenters. The van der Waals surface area contributed by atoms with Crippen molar-refractivity contribution in [1.29, 1.82) is 0 Å². The van der Waals surface area contributed by atoms with Crippen LogP contribution in [0.4, 0.5) is 10.7 Å². The van der Waals surface area contributed by atoms with Crippen molar-refractivity contribution in [2.45, 2.75) is 46.6 Å². The molecule has 1 aliphatic carbocycles. The number of aliphatic imine (C=N–C) groups is 1. The SMILES string of the molecule is CC(C)(C)[C@@H]1CCc2c(sc(N=Cc3ccccc3OCc3ccc(Cl)cc3Cl)c2C(=O)Nc2ccc(Cl)cc2)C1. The van der Waals surface area contributed by atoms with Crippen molar-refractivity contribution in [3.05, 3.63) is 109 Å². The van der Waals surface area contributed by atoms with E-state index in [-0.39, 0.29) is 17.9 Å². The first-order valence-electron chi connectivity index (χ1n) is 13.5. The predicted octanol–water partition coefficient (Wildman–Crippen LogP) is 10.4. The molecule has 0 radical (unpaired) electrons. The van der Waals surface area contributed by atoms with Crippen LogP contribution in [0.1, 0.15) is 59.1 Å². The van der Waals surface area contributed by atoms with E-state index in [0.717, 1.165) is 36.0 Å². The smallest absolute Gasteiger partial charge is 0.259 e. The molecule has 212 valence electrons. The fourth-order valence-corrected chi connectivity index (χ4v) is 6.86. The number of carbonyl (C=O) groups is 1. The van der Waals surface area contributed by atoms with Crippen molar-refractivity contribution in [3.8, 4) is 5.75 Å². The monoisotopic (exact) mass is 624 g/mol. The Bertz CT molecular complexity index is 1590. The Labute approximate surface area is 260 Å². The fraction of sp³-hybridized carbons (Fsp3) is 0.273. The maximum atomic E-state index is 13.7. The summed E-state index contributed by atoms with van der Waals surface area (Å²) in [6, 6.07) is 20.2. The molecule has 0 aliphatic heterocycles. The third-order valence-corrected chi connectivity index (χ3v) is 9.44. The molecule has 1 atom stereocenters. The number of halogens is 3. The van der Waals surface area contributed by atoms with Crippen LogP contribution in [0.25, 0.3) is 0 Å². The minimum absolute atomic E-state index is 0.159. The number of amides is 1. The van der Waals surface area contributed by atoms with E-state index >= 15 is 0 Å². The van der Waals surface area contributed by atoms with Crippen LogP contribution in [0.2, 0.25) is 15.1 Å². The van der Waals surface area contributed by atoms with Gasteiger partial charge in [-0.2, -0.15) is 0 Å². The van der Waals surface area contributed by atoms with Gasteiger partial charge in [-0.3, -0.25) is 4.79 Å². The van der Waals surface area contributed by atoms with Gasteiger partial charge in [-0.05, 0) is 84.7 Å². The normalized spacial score (nSPS) is 15.1. The predicted molar refractivity (Wildman–Crippen MR) is 173 cm³/mol. The molecule has 4 aromatic rings. The van der Waals surface area contributed by atoms with Crippen LogP contribution >= 0.6 is 46.1 Å². The maximum absolute atomic E-state index is 13.7. The second-order valence-electron chi connectivity index (χ2n) is 11.3. The number of rotatable bonds is 7. The summed E-state index contributed by atoms with van der Waals surface area (Å²) < 4.78 is 6.13. The molecular weight excluding hydrogens is 595 g/mol. The van der Waals surface area contributed by atoms with E-state index in [4.69, 9.17) is 44.5 Å². The molecule has 1 N–H and O–H groups in total.